The summed E-state index contributed by atoms with van der Waals surface area (Å²) in [6.07, 6.45) is 0. The van der Waals surface area contributed by atoms with Gasteiger partial charge in [-0.25, -0.2) is 4.98 Å². The average molecular weight is 187 g/mol. The Balaban J connectivity index is 2.87. The number of nitriles is 1. The zero-order valence-electron chi connectivity index (χ0n) is 7.02. The van der Waals surface area contributed by atoms with Crippen molar-refractivity contribution in [2.75, 3.05) is 0 Å². The first kappa shape index (κ1) is 8.26. The highest BCUT2D eigenvalue weighted by atomic mass is 16.6. The molecule has 5 nitrogen and oxygen atoms in total. The predicted molar refractivity (Wildman–Crippen MR) is 49.7 cm³/mol. The van der Waals surface area contributed by atoms with Gasteiger partial charge in [0.15, 0.2) is 5.56 Å². The number of aromatic nitrogens is 1. The third kappa shape index (κ3) is 1.02. The van der Waals surface area contributed by atoms with Crippen LogP contribution in [0.2, 0.25) is 0 Å². The summed E-state index contributed by atoms with van der Waals surface area (Å²) < 4.78 is 0. The van der Waals surface area contributed by atoms with E-state index >= 15 is 0 Å². The average Bonchev–Trinajstić information content (AvgIpc) is 2.56. The molecular formula is C9H5N3O2. The zero-order valence-corrected chi connectivity index (χ0v) is 7.02. The van der Waals surface area contributed by atoms with Gasteiger partial charge in [0.05, 0.1) is 0 Å². The number of nitrogens with one attached hydrogen (secondary N) is 1. The normalized spacial score (nSPS) is 9.93. The molecule has 0 aliphatic carbocycles. The smallest absolute Gasteiger partial charge is 0.339 e. The third-order valence-corrected chi connectivity index (χ3v) is 1.98. The molecule has 0 saturated carbocycles. The van der Waals surface area contributed by atoms with Crippen molar-refractivity contribution in [1.29, 1.82) is 5.26 Å². The van der Waals surface area contributed by atoms with E-state index in [0.29, 0.717) is 10.9 Å². The predicted octanol–water partition coefficient (Wildman–Crippen LogP) is 1.95. The largest absolute Gasteiger partial charge is 0.358 e. The number of benzene rings is 1. The SMILES string of the molecule is N#Cc1c([N+](=O)[O-])[nH]c2ccccc12. The lowest BCUT2D eigenvalue weighted by molar-refractivity contribution is -0.389. The van der Waals surface area contributed by atoms with E-state index in [1.54, 1.807) is 24.3 Å². The Kier molecular flexibility index (Phi) is 1.68. The summed E-state index contributed by atoms with van der Waals surface area (Å²) in [5, 5.41) is 19.9. The molecule has 68 valence electrons. The summed E-state index contributed by atoms with van der Waals surface area (Å²) >= 11 is 0. The van der Waals surface area contributed by atoms with Gasteiger partial charge in [0.2, 0.25) is 0 Å². The highest BCUT2D eigenvalue weighted by Gasteiger charge is 2.19. The minimum atomic E-state index is -0.585. The van der Waals surface area contributed by atoms with Crippen LogP contribution in [0.1, 0.15) is 5.56 Å². The summed E-state index contributed by atoms with van der Waals surface area (Å²) in [6.45, 7) is 0. The second-order valence-corrected chi connectivity index (χ2v) is 2.76. The van der Waals surface area contributed by atoms with Crippen LogP contribution < -0.4 is 0 Å². The molecule has 2 rings (SSSR count). The number of aromatic amines is 1. The molecule has 0 amide bonds. The zero-order chi connectivity index (χ0) is 10.1. The van der Waals surface area contributed by atoms with Crippen LogP contribution in [-0.4, -0.2) is 9.91 Å². The van der Waals surface area contributed by atoms with E-state index in [1.807, 2.05) is 6.07 Å². The summed E-state index contributed by atoms with van der Waals surface area (Å²) in [5.41, 5.74) is 0.696. The van der Waals surface area contributed by atoms with Crippen molar-refractivity contribution in [3.05, 3.63) is 39.9 Å². The Morgan fingerprint density at radius 2 is 2.14 bits per heavy atom. The topological polar surface area (TPSA) is 82.7 Å². The van der Waals surface area contributed by atoms with E-state index in [4.69, 9.17) is 5.26 Å². The van der Waals surface area contributed by atoms with Crippen molar-refractivity contribution in [1.82, 2.24) is 4.98 Å². The number of para-hydroxylation sites is 1. The highest BCUT2D eigenvalue weighted by Crippen LogP contribution is 2.26. The summed E-state index contributed by atoms with van der Waals surface area (Å²) in [5.74, 6) is -0.242. The number of fused-ring (bicyclic) bond motifs is 1. The molecule has 0 saturated heterocycles. The Morgan fingerprint density at radius 1 is 1.43 bits per heavy atom. The maximum atomic E-state index is 10.6. The summed E-state index contributed by atoms with van der Waals surface area (Å²) in [7, 11) is 0. The molecule has 14 heavy (non-hydrogen) atoms. The van der Waals surface area contributed by atoms with Gasteiger partial charge in [-0.3, -0.25) is 0 Å². The molecule has 1 aromatic heterocycles. The molecule has 1 aromatic carbocycles. The maximum Gasteiger partial charge on any atom is 0.339 e. The van der Waals surface area contributed by atoms with Gasteiger partial charge >= 0.3 is 5.82 Å². The molecule has 0 bridgehead atoms. The van der Waals surface area contributed by atoms with E-state index < -0.39 is 4.92 Å². The van der Waals surface area contributed by atoms with E-state index in [2.05, 4.69) is 4.98 Å². The molecule has 0 radical (unpaired) electrons. The standard InChI is InChI=1S/C9H5N3O2/c10-5-7-6-3-1-2-4-8(6)11-9(7)12(13)14/h1-4,11H. The molecule has 0 unspecified atom stereocenters. The minimum absolute atomic E-state index is 0.0885. The number of nitro groups is 1. The van der Waals surface area contributed by atoms with Crippen LogP contribution >= 0.6 is 0 Å². The fourth-order valence-electron chi connectivity index (χ4n) is 1.38. The quantitative estimate of drug-likeness (QED) is 0.547. The van der Waals surface area contributed by atoms with E-state index in [0.717, 1.165) is 0 Å². The van der Waals surface area contributed by atoms with Crippen LogP contribution in [0.3, 0.4) is 0 Å². The van der Waals surface area contributed by atoms with Crippen LogP contribution in [0.5, 0.6) is 0 Å². The van der Waals surface area contributed by atoms with Crippen molar-refractivity contribution >= 4 is 16.7 Å². The Labute approximate surface area is 78.7 Å². The van der Waals surface area contributed by atoms with Crippen LogP contribution in [0.25, 0.3) is 10.9 Å². The van der Waals surface area contributed by atoms with Crippen LogP contribution in [-0.2, 0) is 0 Å². The fraction of sp³-hybridized carbons (Fsp3) is 0. The van der Waals surface area contributed by atoms with Gasteiger partial charge in [-0.1, -0.05) is 12.1 Å². The Bertz CT molecular complexity index is 551. The lowest BCUT2D eigenvalue weighted by atomic mass is 10.2. The fourth-order valence-corrected chi connectivity index (χ4v) is 1.38. The van der Waals surface area contributed by atoms with E-state index in [9.17, 15) is 10.1 Å². The number of hydrogen-bond donors (Lipinski definition) is 1. The molecular weight excluding hydrogens is 182 g/mol. The Hall–Kier alpha value is -2.35. The number of rotatable bonds is 1. The summed E-state index contributed by atoms with van der Waals surface area (Å²) in [6, 6.07) is 8.69. The first-order chi connectivity index (χ1) is 6.74. The first-order valence-electron chi connectivity index (χ1n) is 3.89. The summed E-state index contributed by atoms with van der Waals surface area (Å²) in [4.78, 5) is 12.6. The van der Waals surface area contributed by atoms with Gasteiger partial charge in [0.1, 0.15) is 11.6 Å². The van der Waals surface area contributed by atoms with Gasteiger partial charge in [0.25, 0.3) is 0 Å². The number of H-pyrrole nitrogens is 1. The molecule has 0 aliphatic heterocycles. The second kappa shape index (κ2) is 2.85. The van der Waals surface area contributed by atoms with Gasteiger partial charge in [-0.15, -0.1) is 0 Å². The first-order valence-corrected chi connectivity index (χ1v) is 3.89. The van der Waals surface area contributed by atoms with Gasteiger partial charge in [-0.05, 0) is 17.1 Å². The maximum absolute atomic E-state index is 10.6. The minimum Gasteiger partial charge on any atom is -0.358 e. The van der Waals surface area contributed by atoms with Gasteiger partial charge < -0.3 is 10.1 Å². The molecule has 0 aliphatic rings. The van der Waals surface area contributed by atoms with Crippen LogP contribution in [0, 0.1) is 21.4 Å². The van der Waals surface area contributed by atoms with Crippen molar-refractivity contribution in [2.24, 2.45) is 0 Å². The van der Waals surface area contributed by atoms with Crippen molar-refractivity contribution in [2.45, 2.75) is 0 Å². The molecule has 0 atom stereocenters. The Morgan fingerprint density at radius 3 is 2.79 bits per heavy atom. The van der Waals surface area contributed by atoms with Crippen LogP contribution in [0.15, 0.2) is 24.3 Å². The molecule has 5 heteroatoms. The van der Waals surface area contributed by atoms with E-state index in [-0.39, 0.29) is 11.4 Å². The van der Waals surface area contributed by atoms with Gasteiger partial charge in [-0.2, -0.15) is 5.26 Å². The highest BCUT2D eigenvalue weighted by molar-refractivity contribution is 5.89. The van der Waals surface area contributed by atoms with Crippen LogP contribution in [0.4, 0.5) is 5.82 Å². The third-order valence-electron chi connectivity index (χ3n) is 1.98. The van der Waals surface area contributed by atoms with Gasteiger partial charge in [0, 0.05) is 5.39 Å². The monoisotopic (exact) mass is 187 g/mol. The molecule has 1 N–H and O–H groups in total. The van der Waals surface area contributed by atoms with E-state index in [1.165, 1.54) is 0 Å². The van der Waals surface area contributed by atoms with Crippen molar-refractivity contribution in [3.63, 3.8) is 0 Å². The molecule has 2 aromatic rings. The lowest BCUT2D eigenvalue weighted by Crippen LogP contribution is -1.89. The molecule has 0 fully saturated rings. The van der Waals surface area contributed by atoms with Crippen molar-refractivity contribution < 1.29 is 4.92 Å². The number of hydrogen-bond acceptors (Lipinski definition) is 3. The van der Waals surface area contributed by atoms with Crippen molar-refractivity contribution in [3.8, 4) is 6.07 Å². The number of nitrogens with zero attached hydrogens (tertiary/aromatic N) is 2. The lowest BCUT2D eigenvalue weighted by Gasteiger charge is -1.88. The molecule has 0 spiro atoms. The molecule has 1 heterocycles. The second-order valence-electron chi connectivity index (χ2n) is 2.76.